The second-order valence-electron chi connectivity index (χ2n) is 8.79. The molecule has 2 heterocycles. The number of carbonyl (C=O) groups is 3. The maximum Gasteiger partial charge on any atom is 0.318 e. The first-order valence-corrected chi connectivity index (χ1v) is 11.5. The number of alkyl halides is 2. The highest BCUT2D eigenvalue weighted by Crippen LogP contribution is 2.42. The van der Waals surface area contributed by atoms with Gasteiger partial charge in [-0.05, 0) is 36.6 Å². The molecule has 1 aromatic carbocycles. The Morgan fingerprint density at radius 2 is 1.94 bits per heavy atom. The molecule has 1 aliphatic heterocycles. The maximum atomic E-state index is 14.9. The molecule has 0 saturated carbocycles. The van der Waals surface area contributed by atoms with E-state index in [1.807, 2.05) is 0 Å². The minimum absolute atomic E-state index is 0.00146. The van der Waals surface area contributed by atoms with E-state index in [1.54, 1.807) is 44.2 Å². The Balaban J connectivity index is 1.46. The molecule has 1 fully saturated rings. The molecule has 1 aromatic heterocycles. The van der Waals surface area contributed by atoms with E-state index < -0.39 is 40.4 Å². The van der Waals surface area contributed by atoms with Crippen LogP contribution in [0.25, 0.3) is 5.57 Å². The topological polar surface area (TPSA) is 120 Å². The van der Waals surface area contributed by atoms with Gasteiger partial charge in [0, 0.05) is 6.07 Å². The number of halogens is 2. The van der Waals surface area contributed by atoms with Crippen molar-refractivity contribution in [3.63, 3.8) is 0 Å². The highest BCUT2D eigenvalue weighted by atomic mass is 35.5. The molecule has 3 atom stereocenters. The summed E-state index contributed by atoms with van der Waals surface area (Å²) in [5, 5.41) is 6.84. The van der Waals surface area contributed by atoms with Crippen LogP contribution in [0, 0.1) is 12.8 Å². The number of esters is 1. The molecule has 36 heavy (non-hydrogen) atoms. The molecular formula is C25H25ClFN3O6. The minimum Gasteiger partial charge on any atom is -0.468 e. The van der Waals surface area contributed by atoms with Crippen LogP contribution in [0.5, 0.6) is 0 Å². The number of hydrogen-bond acceptors (Lipinski definition) is 7. The van der Waals surface area contributed by atoms with Crippen molar-refractivity contribution in [1.29, 1.82) is 0 Å². The third-order valence-corrected chi connectivity index (χ3v) is 6.50. The van der Waals surface area contributed by atoms with Gasteiger partial charge in [-0.2, -0.15) is 0 Å². The number of rotatable bonds is 7. The summed E-state index contributed by atoms with van der Waals surface area (Å²) in [6.45, 7) is 3.50. The second-order valence-corrected chi connectivity index (χ2v) is 9.37. The molecule has 190 valence electrons. The number of allylic oxidation sites excluding steroid dienone is 3. The number of benzene rings is 1. The fourth-order valence-electron chi connectivity index (χ4n) is 4.04. The van der Waals surface area contributed by atoms with Crippen LogP contribution in [0.4, 0.5) is 4.39 Å². The molecule has 0 radical (unpaired) electrons. The van der Waals surface area contributed by atoms with Crippen molar-refractivity contribution in [3.8, 4) is 0 Å². The van der Waals surface area contributed by atoms with Gasteiger partial charge in [-0.3, -0.25) is 14.4 Å². The molecule has 2 aromatic rings. The lowest BCUT2D eigenvalue weighted by Gasteiger charge is -2.40. The van der Waals surface area contributed by atoms with Crippen LogP contribution in [0.1, 0.15) is 40.3 Å². The summed E-state index contributed by atoms with van der Waals surface area (Å²) >= 11 is 5.94. The number of nitrogens with zero attached hydrogens (tertiary/aromatic N) is 1. The third-order valence-electron chi connectivity index (χ3n) is 6.15. The summed E-state index contributed by atoms with van der Waals surface area (Å²) in [7, 11) is 1.17. The van der Waals surface area contributed by atoms with Crippen LogP contribution in [0.3, 0.4) is 0 Å². The lowest BCUT2D eigenvalue weighted by atomic mass is 9.84. The Morgan fingerprint density at radius 3 is 2.50 bits per heavy atom. The number of aryl methyl sites for hydroxylation is 1. The van der Waals surface area contributed by atoms with Gasteiger partial charge in [0.15, 0.2) is 5.54 Å². The number of amides is 2. The first-order valence-electron chi connectivity index (χ1n) is 11.2. The maximum absolute atomic E-state index is 14.9. The summed E-state index contributed by atoms with van der Waals surface area (Å²) in [6, 6.07) is 7.97. The van der Waals surface area contributed by atoms with Crippen LogP contribution in [-0.2, 0) is 19.1 Å². The smallest absolute Gasteiger partial charge is 0.318 e. The van der Waals surface area contributed by atoms with Gasteiger partial charge in [-0.25, -0.2) is 4.39 Å². The number of ether oxygens (including phenoxy) is 2. The molecule has 2 aliphatic rings. The lowest BCUT2D eigenvalue weighted by molar-refractivity contribution is -0.147. The number of aromatic nitrogens is 1. The standard InChI is InChI=1S/C25H25ClFN3O6/c1-14-11-19(36-30-14)21(31)29-24(12-35-13-24)23(33)28-15(2)16-6-8-17(9-7-16)18-5-4-10-25(26,27)20(18)22(32)34-3/h4-11,15,20H,12-13H2,1-3H3,(H,28,33)(H,29,31)/t15-,20?,25?/m1/s1. The minimum atomic E-state index is -2.41. The Kier molecular flexibility index (Phi) is 7.01. The third kappa shape index (κ3) is 4.91. The molecule has 1 saturated heterocycles. The number of carbonyl (C=O) groups excluding carboxylic acids is 3. The van der Waals surface area contributed by atoms with Crippen molar-refractivity contribution in [2.75, 3.05) is 20.3 Å². The Hall–Kier alpha value is -3.50. The Bertz CT molecular complexity index is 1230. The molecule has 2 N–H and O–H groups in total. The van der Waals surface area contributed by atoms with Crippen molar-refractivity contribution in [2.24, 2.45) is 5.92 Å². The largest absolute Gasteiger partial charge is 0.468 e. The molecule has 9 nitrogen and oxygen atoms in total. The number of methoxy groups -OCH3 is 1. The van der Waals surface area contributed by atoms with Crippen molar-refractivity contribution in [3.05, 3.63) is 71.1 Å². The first kappa shape index (κ1) is 25.6. The summed E-state index contributed by atoms with van der Waals surface area (Å²) in [5.74, 6) is -3.09. The quantitative estimate of drug-likeness (QED) is 0.428. The van der Waals surface area contributed by atoms with Crippen molar-refractivity contribution < 1.29 is 32.8 Å². The average Bonchev–Trinajstić information content (AvgIpc) is 3.26. The molecular weight excluding hydrogens is 493 g/mol. The van der Waals surface area contributed by atoms with Gasteiger partial charge in [-0.15, -0.1) is 0 Å². The van der Waals surface area contributed by atoms with Gasteiger partial charge < -0.3 is 24.6 Å². The van der Waals surface area contributed by atoms with E-state index in [0.717, 1.165) is 11.6 Å². The van der Waals surface area contributed by atoms with E-state index in [9.17, 15) is 18.8 Å². The molecule has 11 heteroatoms. The number of hydrogen-bond donors (Lipinski definition) is 2. The fourth-order valence-corrected chi connectivity index (χ4v) is 4.32. The highest BCUT2D eigenvalue weighted by molar-refractivity contribution is 6.27. The second kappa shape index (κ2) is 9.87. The summed E-state index contributed by atoms with van der Waals surface area (Å²) in [4.78, 5) is 37.8. The van der Waals surface area contributed by atoms with Gasteiger partial charge in [0.05, 0.1) is 32.1 Å². The van der Waals surface area contributed by atoms with Crippen LogP contribution < -0.4 is 10.6 Å². The van der Waals surface area contributed by atoms with Crippen LogP contribution in [-0.4, -0.2) is 53.9 Å². The SMILES string of the molecule is COC(=O)C1C(c2ccc([C@@H](C)NC(=O)C3(NC(=O)c4cc(C)no4)COC3)cc2)=CC=CC1(F)Cl. The Labute approximate surface area is 211 Å². The summed E-state index contributed by atoms with van der Waals surface area (Å²) in [6.07, 6.45) is 4.17. The molecule has 2 unspecified atom stereocenters. The molecule has 1 aliphatic carbocycles. The normalized spacial score (nSPS) is 23.1. The van der Waals surface area contributed by atoms with Crippen LogP contribution in [0.15, 0.2) is 53.1 Å². The van der Waals surface area contributed by atoms with Gasteiger partial charge in [0.2, 0.25) is 10.9 Å². The van der Waals surface area contributed by atoms with Gasteiger partial charge in [-0.1, -0.05) is 53.2 Å². The monoisotopic (exact) mass is 517 g/mol. The molecule has 4 rings (SSSR count). The first-order chi connectivity index (χ1) is 17.1. The van der Waals surface area contributed by atoms with Crippen molar-refractivity contribution in [1.82, 2.24) is 15.8 Å². The van der Waals surface area contributed by atoms with E-state index >= 15 is 0 Å². The van der Waals surface area contributed by atoms with Crippen LogP contribution in [0.2, 0.25) is 0 Å². The predicted octanol–water partition coefficient (Wildman–Crippen LogP) is 3.01. The van der Waals surface area contributed by atoms with E-state index in [2.05, 4.69) is 15.8 Å². The zero-order chi connectivity index (χ0) is 26.1. The van der Waals surface area contributed by atoms with Crippen LogP contribution >= 0.6 is 11.6 Å². The number of nitrogens with one attached hydrogen (secondary N) is 2. The van der Waals surface area contributed by atoms with E-state index in [1.165, 1.54) is 19.3 Å². The van der Waals surface area contributed by atoms with E-state index in [4.69, 9.17) is 25.6 Å². The summed E-state index contributed by atoms with van der Waals surface area (Å²) < 4.78 is 29.8. The molecule has 2 amide bonds. The zero-order valence-electron chi connectivity index (χ0n) is 19.8. The predicted molar refractivity (Wildman–Crippen MR) is 128 cm³/mol. The summed E-state index contributed by atoms with van der Waals surface area (Å²) in [5.41, 5.74) is 1.02. The van der Waals surface area contributed by atoms with Crippen molar-refractivity contribution in [2.45, 2.75) is 30.6 Å². The lowest BCUT2D eigenvalue weighted by Crippen LogP contribution is -2.70. The average molecular weight is 518 g/mol. The van der Waals surface area contributed by atoms with Gasteiger partial charge >= 0.3 is 5.97 Å². The molecule has 0 bridgehead atoms. The molecule has 0 spiro atoms. The van der Waals surface area contributed by atoms with E-state index in [-0.39, 0.29) is 19.0 Å². The van der Waals surface area contributed by atoms with Crippen molar-refractivity contribution >= 4 is 35.0 Å². The Morgan fingerprint density at radius 1 is 1.25 bits per heavy atom. The highest BCUT2D eigenvalue weighted by Gasteiger charge is 2.48. The zero-order valence-corrected chi connectivity index (χ0v) is 20.6. The van der Waals surface area contributed by atoms with E-state index in [0.29, 0.717) is 16.8 Å². The van der Waals surface area contributed by atoms with Gasteiger partial charge in [0.25, 0.3) is 11.8 Å². The fraction of sp³-hybridized carbons (Fsp3) is 0.360. The van der Waals surface area contributed by atoms with Gasteiger partial charge in [0.1, 0.15) is 5.92 Å².